The Labute approximate surface area is 102 Å². The van der Waals surface area contributed by atoms with Gasteiger partial charge in [-0.25, -0.2) is 0 Å². The lowest BCUT2D eigenvalue weighted by atomic mass is 10.1. The molecule has 2 rings (SSSR count). The minimum Gasteiger partial charge on any atom is -0.508 e. The van der Waals surface area contributed by atoms with Crippen molar-refractivity contribution in [2.75, 3.05) is 0 Å². The lowest BCUT2D eigenvalue weighted by Crippen LogP contribution is -2.34. The molecule has 1 aromatic rings. The van der Waals surface area contributed by atoms with Crippen LogP contribution >= 0.6 is 0 Å². The van der Waals surface area contributed by atoms with Crippen molar-refractivity contribution in [1.29, 1.82) is 0 Å². The summed E-state index contributed by atoms with van der Waals surface area (Å²) in [7, 11) is 0. The van der Waals surface area contributed by atoms with Gasteiger partial charge in [-0.2, -0.15) is 0 Å². The smallest absolute Gasteiger partial charge is 0.251 e. The first-order chi connectivity index (χ1) is 8.25. The van der Waals surface area contributed by atoms with Crippen LogP contribution in [0, 0.1) is 0 Å². The largest absolute Gasteiger partial charge is 0.508 e. The van der Waals surface area contributed by atoms with E-state index in [2.05, 4.69) is 5.32 Å². The highest BCUT2D eigenvalue weighted by Crippen LogP contribution is 2.18. The average molecular weight is 233 g/mol. The molecule has 92 valence electrons. The number of carbonyl (C=O) groups is 1. The van der Waals surface area contributed by atoms with Gasteiger partial charge < -0.3 is 10.4 Å². The number of nitrogens with one attached hydrogen (secondary N) is 1. The van der Waals surface area contributed by atoms with Gasteiger partial charge in [0, 0.05) is 11.6 Å². The second-order valence-electron chi connectivity index (χ2n) is 4.71. The number of aromatic hydroxyl groups is 1. The summed E-state index contributed by atoms with van der Waals surface area (Å²) < 4.78 is 0. The Morgan fingerprint density at radius 2 is 1.65 bits per heavy atom. The third-order valence-electron chi connectivity index (χ3n) is 3.32. The number of benzene rings is 1. The van der Waals surface area contributed by atoms with Crippen LogP contribution in [-0.4, -0.2) is 17.1 Å². The monoisotopic (exact) mass is 233 g/mol. The Hall–Kier alpha value is -1.51. The third kappa shape index (κ3) is 3.48. The lowest BCUT2D eigenvalue weighted by Gasteiger charge is -2.16. The van der Waals surface area contributed by atoms with Crippen LogP contribution in [0.4, 0.5) is 0 Å². The van der Waals surface area contributed by atoms with Gasteiger partial charge in [0.2, 0.25) is 0 Å². The molecule has 1 aliphatic rings. The first kappa shape index (κ1) is 12.0. The number of hydrogen-bond donors (Lipinski definition) is 2. The molecule has 0 bridgehead atoms. The maximum absolute atomic E-state index is 11.9. The van der Waals surface area contributed by atoms with Crippen molar-refractivity contribution in [3.63, 3.8) is 0 Å². The summed E-state index contributed by atoms with van der Waals surface area (Å²) in [6.45, 7) is 0. The number of rotatable bonds is 2. The van der Waals surface area contributed by atoms with E-state index in [1.165, 1.54) is 25.7 Å². The van der Waals surface area contributed by atoms with E-state index >= 15 is 0 Å². The summed E-state index contributed by atoms with van der Waals surface area (Å²) in [5, 5.41) is 12.2. The molecule has 0 saturated heterocycles. The topological polar surface area (TPSA) is 49.3 Å². The molecule has 2 N–H and O–H groups in total. The molecular weight excluding hydrogens is 214 g/mol. The molecule has 0 aliphatic heterocycles. The molecular formula is C14H19NO2. The van der Waals surface area contributed by atoms with Gasteiger partial charge in [-0.05, 0) is 37.1 Å². The summed E-state index contributed by atoms with van der Waals surface area (Å²) in [6, 6.07) is 6.71. The normalized spacial score (nSPS) is 17.4. The molecule has 3 heteroatoms. The molecule has 3 nitrogen and oxygen atoms in total. The molecule has 17 heavy (non-hydrogen) atoms. The fraction of sp³-hybridized carbons (Fsp3) is 0.500. The van der Waals surface area contributed by atoms with Gasteiger partial charge in [-0.15, -0.1) is 0 Å². The minimum absolute atomic E-state index is 0.0306. The predicted molar refractivity (Wildman–Crippen MR) is 67.1 cm³/mol. The van der Waals surface area contributed by atoms with Crippen molar-refractivity contribution in [3.05, 3.63) is 29.8 Å². The number of phenolic OH excluding ortho intramolecular Hbond substituents is 1. The number of carbonyl (C=O) groups excluding carboxylic acids is 1. The zero-order valence-corrected chi connectivity index (χ0v) is 9.98. The minimum atomic E-state index is -0.0306. The lowest BCUT2D eigenvalue weighted by molar-refractivity contribution is 0.0933. The van der Waals surface area contributed by atoms with Crippen molar-refractivity contribution < 1.29 is 9.90 Å². The zero-order valence-electron chi connectivity index (χ0n) is 9.98. The fourth-order valence-electron chi connectivity index (χ4n) is 2.31. The van der Waals surface area contributed by atoms with Crippen LogP contribution in [0.1, 0.15) is 48.9 Å². The Bertz CT molecular complexity index is 364. The van der Waals surface area contributed by atoms with Crippen molar-refractivity contribution in [3.8, 4) is 5.75 Å². The molecule has 1 saturated carbocycles. The molecule has 0 unspecified atom stereocenters. The van der Waals surface area contributed by atoms with Crippen molar-refractivity contribution in [2.45, 2.75) is 44.6 Å². The van der Waals surface area contributed by atoms with Crippen LogP contribution in [0.5, 0.6) is 5.75 Å². The Morgan fingerprint density at radius 3 is 2.24 bits per heavy atom. The molecule has 0 radical (unpaired) electrons. The number of amides is 1. The van der Waals surface area contributed by atoms with Crippen LogP contribution < -0.4 is 5.32 Å². The van der Waals surface area contributed by atoms with E-state index in [1.54, 1.807) is 24.3 Å². The van der Waals surface area contributed by atoms with Crippen molar-refractivity contribution >= 4 is 5.91 Å². The molecule has 1 aliphatic carbocycles. The Kier molecular flexibility index (Phi) is 4.02. The predicted octanol–water partition coefficient (Wildman–Crippen LogP) is 2.84. The molecule has 0 atom stereocenters. The highest BCUT2D eigenvalue weighted by atomic mass is 16.3. The van der Waals surface area contributed by atoms with Crippen LogP contribution in [0.3, 0.4) is 0 Å². The van der Waals surface area contributed by atoms with Gasteiger partial charge in [0.25, 0.3) is 5.91 Å². The molecule has 0 spiro atoms. The van der Waals surface area contributed by atoms with E-state index in [0.29, 0.717) is 11.6 Å². The van der Waals surface area contributed by atoms with Gasteiger partial charge in [0.05, 0.1) is 0 Å². The molecule has 0 heterocycles. The highest BCUT2D eigenvalue weighted by Gasteiger charge is 2.15. The van der Waals surface area contributed by atoms with Crippen molar-refractivity contribution in [2.24, 2.45) is 0 Å². The van der Waals surface area contributed by atoms with Gasteiger partial charge in [-0.3, -0.25) is 4.79 Å². The second kappa shape index (κ2) is 5.71. The zero-order chi connectivity index (χ0) is 12.1. The average Bonchev–Trinajstić information content (AvgIpc) is 2.58. The van der Waals surface area contributed by atoms with E-state index < -0.39 is 0 Å². The Morgan fingerprint density at radius 1 is 1.06 bits per heavy atom. The first-order valence-electron chi connectivity index (χ1n) is 6.35. The molecule has 0 aromatic heterocycles. The summed E-state index contributed by atoms with van der Waals surface area (Å²) in [4.78, 5) is 11.9. The number of hydrogen-bond acceptors (Lipinski definition) is 2. The van der Waals surface area contributed by atoms with Gasteiger partial charge in [-0.1, -0.05) is 25.7 Å². The molecule has 1 fully saturated rings. The summed E-state index contributed by atoms with van der Waals surface area (Å²) in [5.74, 6) is 0.160. The van der Waals surface area contributed by atoms with Gasteiger partial charge in [0.15, 0.2) is 0 Å². The van der Waals surface area contributed by atoms with Crippen LogP contribution in [0.2, 0.25) is 0 Å². The third-order valence-corrected chi connectivity index (χ3v) is 3.32. The van der Waals surface area contributed by atoms with E-state index in [0.717, 1.165) is 12.8 Å². The van der Waals surface area contributed by atoms with Gasteiger partial charge >= 0.3 is 0 Å². The Balaban J connectivity index is 1.93. The molecule has 1 amide bonds. The maximum atomic E-state index is 11.9. The summed E-state index contributed by atoms with van der Waals surface area (Å²) in [5.41, 5.74) is 0.618. The molecule has 1 aromatic carbocycles. The first-order valence-corrected chi connectivity index (χ1v) is 6.35. The maximum Gasteiger partial charge on any atom is 0.251 e. The summed E-state index contributed by atoms with van der Waals surface area (Å²) >= 11 is 0. The fourth-order valence-corrected chi connectivity index (χ4v) is 2.31. The summed E-state index contributed by atoms with van der Waals surface area (Å²) in [6.07, 6.45) is 7.16. The quantitative estimate of drug-likeness (QED) is 0.772. The van der Waals surface area contributed by atoms with E-state index in [4.69, 9.17) is 5.11 Å². The standard InChI is InChI=1S/C14H19NO2/c16-13-9-7-11(8-10-13)14(17)15-12-5-3-1-2-4-6-12/h7-10,12,16H,1-6H2,(H,15,17). The second-order valence-corrected chi connectivity index (χ2v) is 4.71. The van der Waals surface area contributed by atoms with E-state index in [-0.39, 0.29) is 11.7 Å². The van der Waals surface area contributed by atoms with E-state index in [9.17, 15) is 4.79 Å². The van der Waals surface area contributed by atoms with Gasteiger partial charge in [0.1, 0.15) is 5.75 Å². The highest BCUT2D eigenvalue weighted by molar-refractivity contribution is 5.94. The SMILES string of the molecule is O=C(NC1CCCCCC1)c1ccc(O)cc1. The number of phenols is 1. The van der Waals surface area contributed by atoms with Crippen molar-refractivity contribution in [1.82, 2.24) is 5.32 Å². The van der Waals surface area contributed by atoms with Crippen LogP contribution in [-0.2, 0) is 0 Å². The van der Waals surface area contributed by atoms with E-state index in [1.807, 2.05) is 0 Å². The van der Waals surface area contributed by atoms with Crippen LogP contribution in [0.25, 0.3) is 0 Å². The van der Waals surface area contributed by atoms with Crippen LogP contribution in [0.15, 0.2) is 24.3 Å².